The molecule has 0 saturated carbocycles. The van der Waals surface area contributed by atoms with Crippen LogP contribution < -0.4 is 5.32 Å². The van der Waals surface area contributed by atoms with Crippen molar-refractivity contribution in [2.24, 2.45) is 0 Å². The summed E-state index contributed by atoms with van der Waals surface area (Å²) in [6, 6.07) is 3.58. The highest BCUT2D eigenvalue weighted by atomic mass is 16.5. The lowest BCUT2D eigenvalue weighted by atomic mass is 10.2. The van der Waals surface area contributed by atoms with Gasteiger partial charge in [0.05, 0.1) is 19.3 Å². The zero-order chi connectivity index (χ0) is 15.7. The molecule has 21 heavy (non-hydrogen) atoms. The van der Waals surface area contributed by atoms with Gasteiger partial charge in [0.2, 0.25) is 0 Å². The molecule has 0 aromatic carbocycles. The molecule has 0 aliphatic carbocycles. The Bertz CT molecular complexity index is 440. The van der Waals surface area contributed by atoms with Gasteiger partial charge in [-0.05, 0) is 26.0 Å². The summed E-state index contributed by atoms with van der Waals surface area (Å²) in [4.78, 5) is 18.6. The summed E-state index contributed by atoms with van der Waals surface area (Å²) in [7, 11) is 3.24. The first-order valence-corrected chi connectivity index (χ1v) is 7.12. The number of anilines is 1. The van der Waals surface area contributed by atoms with Crippen LogP contribution in [0.2, 0.25) is 0 Å². The summed E-state index contributed by atoms with van der Waals surface area (Å²) < 4.78 is 10.2. The van der Waals surface area contributed by atoms with Crippen LogP contribution in [-0.2, 0) is 9.47 Å². The molecule has 0 aliphatic rings. The van der Waals surface area contributed by atoms with E-state index in [1.807, 2.05) is 19.9 Å². The van der Waals surface area contributed by atoms with Crippen LogP contribution in [0, 0.1) is 0 Å². The Morgan fingerprint density at radius 3 is 2.81 bits per heavy atom. The highest BCUT2D eigenvalue weighted by molar-refractivity contribution is 5.93. The fraction of sp³-hybridized carbons (Fsp3) is 0.600. The van der Waals surface area contributed by atoms with Gasteiger partial charge in [-0.15, -0.1) is 0 Å². The Hall–Kier alpha value is -1.66. The number of pyridine rings is 1. The standard InChI is InChI=1S/C15H25N3O3/c1-5-16-13-6-7-17-14(10-13)15(19)18(8-9-20-3)12(2)11-21-4/h6-7,10,12H,5,8-9,11H2,1-4H3,(H,16,17). The van der Waals surface area contributed by atoms with Crippen molar-refractivity contribution in [3.63, 3.8) is 0 Å². The topological polar surface area (TPSA) is 63.7 Å². The number of methoxy groups -OCH3 is 2. The molecule has 0 spiro atoms. The molecule has 0 bridgehead atoms. The molecule has 6 heteroatoms. The van der Waals surface area contributed by atoms with Gasteiger partial charge in [0.1, 0.15) is 5.69 Å². The number of carbonyl (C=O) groups is 1. The Morgan fingerprint density at radius 1 is 1.43 bits per heavy atom. The van der Waals surface area contributed by atoms with Crippen LogP contribution in [0.15, 0.2) is 18.3 Å². The van der Waals surface area contributed by atoms with E-state index < -0.39 is 0 Å². The van der Waals surface area contributed by atoms with Crippen molar-refractivity contribution in [3.8, 4) is 0 Å². The van der Waals surface area contributed by atoms with Gasteiger partial charge in [0, 0.05) is 39.2 Å². The molecule has 0 fully saturated rings. The molecule has 0 saturated heterocycles. The van der Waals surface area contributed by atoms with E-state index in [1.54, 1.807) is 31.4 Å². The van der Waals surface area contributed by atoms with Gasteiger partial charge in [0.15, 0.2) is 0 Å². The second-order valence-corrected chi connectivity index (χ2v) is 4.76. The monoisotopic (exact) mass is 295 g/mol. The zero-order valence-corrected chi connectivity index (χ0v) is 13.3. The third-order valence-electron chi connectivity index (χ3n) is 3.10. The van der Waals surface area contributed by atoms with E-state index in [4.69, 9.17) is 9.47 Å². The third-order valence-corrected chi connectivity index (χ3v) is 3.10. The van der Waals surface area contributed by atoms with Gasteiger partial charge in [-0.2, -0.15) is 0 Å². The van der Waals surface area contributed by atoms with E-state index >= 15 is 0 Å². The smallest absolute Gasteiger partial charge is 0.272 e. The van der Waals surface area contributed by atoms with Crippen LogP contribution in [0.4, 0.5) is 5.69 Å². The lowest BCUT2D eigenvalue weighted by Gasteiger charge is -2.28. The van der Waals surface area contributed by atoms with Crippen molar-refractivity contribution in [2.75, 3.05) is 45.8 Å². The van der Waals surface area contributed by atoms with E-state index in [1.165, 1.54) is 0 Å². The predicted molar refractivity (Wildman–Crippen MR) is 82.7 cm³/mol. The summed E-state index contributed by atoms with van der Waals surface area (Å²) in [6.45, 7) is 6.21. The number of amides is 1. The van der Waals surface area contributed by atoms with Crippen molar-refractivity contribution in [1.82, 2.24) is 9.88 Å². The minimum atomic E-state index is -0.114. The minimum absolute atomic E-state index is 0.0396. The zero-order valence-electron chi connectivity index (χ0n) is 13.3. The number of nitrogens with one attached hydrogen (secondary N) is 1. The van der Waals surface area contributed by atoms with E-state index in [0.29, 0.717) is 25.5 Å². The van der Waals surface area contributed by atoms with Gasteiger partial charge in [-0.3, -0.25) is 9.78 Å². The van der Waals surface area contributed by atoms with Crippen molar-refractivity contribution < 1.29 is 14.3 Å². The van der Waals surface area contributed by atoms with Crippen molar-refractivity contribution in [3.05, 3.63) is 24.0 Å². The molecule has 0 radical (unpaired) electrons. The van der Waals surface area contributed by atoms with Crippen molar-refractivity contribution in [2.45, 2.75) is 19.9 Å². The maximum Gasteiger partial charge on any atom is 0.272 e. The molecule has 1 aromatic heterocycles. The van der Waals surface area contributed by atoms with E-state index in [9.17, 15) is 4.79 Å². The molecule has 118 valence electrons. The summed E-state index contributed by atoms with van der Waals surface area (Å²) in [5, 5.41) is 3.18. The van der Waals surface area contributed by atoms with E-state index in [0.717, 1.165) is 12.2 Å². The Balaban J connectivity index is 2.89. The largest absolute Gasteiger partial charge is 0.385 e. The van der Waals surface area contributed by atoms with Crippen LogP contribution in [0.5, 0.6) is 0 Å². The fourth-order valence-corrected chi connectivity index (χ4v) is 2.05. The number of aromatic nitrogens is 1. The normalized spacial score (nSPS) is 12.0. The number of nitrogens with zero attached hydrogens (tertiary/aromatic N) is 2. The molecule has 1 rings (SSSR count). The first-order chi connectivity index (χ1) is 10.1. The fourth-order valence-electron chi connectivity index (χ4n) is 2.05. The van der Waals surface area contributed by atoms with Crippen LogP contribution in [0.3, 0.4) is 0 Å². The van der Waals surface area contributed by atoms with Crippen molar-refractivity contribution >= 4 is 11.6 Å². The molecule has 1 amide bonds. The first-order valence-electron chi connectivity index (χ1n) is 7.12. The summed E-state index contributed by atoms with van der Waals surface area (Å²) in [5.74, 6) is -0.114. The molecular formula is C15H25N3O3. The summed E-state index contributed by atoms with van der Waals surface area (Å²) in [5.41, 5.74) is 1.31. The predicted octanol–water partition coefficient (Wildman–Crippen LogP) is 1.64. The highest BCUT2D eigenvalue weighted by Crippen LogP contribution is 2.12. The average molecular weight is 295 g/mol. The van der Waals surface area contributed by atoms with Crippen LogP contribution in [0.1, 0.15) is 24.3 Å². The van der Waals surface area contributed by atoms with Crippen LogP contribution >= 0.6 is 0 Å². The van der Waals surface area contributed by atoms with E-state index in [2.05, 4.69) is 10.3 Å². The molecule has 1 heterocycles. The van der Waals surface area contributed by atoms with Gasteiger partial charge in [-0.25, -0.2) is 0 Å². The summed E-state index contributed by atoms with van der Waals surface area (Å²) >= 11 is 0. The summed E-state index contributed by atoms with van der Waals surface area (Å²) in [6.07, 6.45) is 1.64. The second-order valence-electron chi connectivity index (χ2n) is 4.76. The minimum Gasteiger partial charge on any atom is -0.385 e. The van der Waals surface area contributed by atoms with Crippen LogP contribution in [-0.4, -0.2) is 62.4 Å². The van der Waals surface area contributed by atoms with Gasteiger partial charge in [-0.1, -0.05) is 0 Å². The van der Waals surface area contributed by atoms with E-state index in [-0.39, 0.29) is 11.9 Å². The highest BCUT2D eigenvalue weighted by Gasteiger charge is 2.22. The lowest BCUT2D eigenvalue weighted by molar-refractivity contribution is 0.0474. The Labute approximate surface area is 126 Å². The molecular weight excluding hydrogens is 270 g/mol. The second kappa shape index (κ2) is 9.31. The average Bonchev–Trinajstić information content (AvgIpc) is 2.48. The molecule has 6 nitrogen and oxygen atoms in total. The van der Waals surface area contributed by atoms with Gasteiger partial charge >= 0.3 is 0 Å². The Morgan fingerprint density at radius 2 is 2.19 bits per heavy atom. The van der Waals surface area contributed by atoms with Crippen molar-refractivity contribution in [1.29, 1.82) is 0 Å². The maximum absolute atomic E-state index is 12.6. The molecule has 0 aliphatic heterocycles. The number of ether oxygens (including phenoxy) is 2. The number of carbonyl (C=O) groups excluding carboxylic acids is 1. The molecule has 1 unspecified atom stereocenters. The van der Waals surface area contributed by atoms with Gasteiger partial charge in [0.25, 0.3) is 5.91 Å². The number of hydrogen-bond donors (Lipinski definition) is 1. The lowest BCUT2D eigenvalue weighted by Crippen LogP contribution is -2.43. The van der Waals surface area contributed by atoms with Gasteiger partial charge < -0.3 is 19.7 Å². The molecule has 1 atom stereocenters. The maximum atomic E-state index is 12.6. The number of hydrogen-bond acceptors (Lipinski definition) is 5. The third kappa shape index (κ3) is 5.32. The first kappa shape index (κ1) is 17.4. The quantitative estimate of drug-likeness (QED) is 0.750. The molecule has 1 N–H and O–H groups in total. The molecule has 1 aromatic rings. The Kier molecular flexibility index (Phi) is 7.71. The van der Waals surface area contributed by atoms with Crippen LogP contribution in [0.25, 0.3) is 0 Å². The SMILES string of the molecule is CCNc1ccnc(C(=O)N(CCOC)C(C)COC)c1. The number of rotatable bonds is 9.